The number of hydrogen-bond acceptors (Lipinski definition) is 4. The van der Waals surface area contributed by atoms with E-state index in [2.05, 4.69) is 11.0 Å². The van der Waals surface area contributed by atoms with Gasteiger partial charge in [0, 0.05) is 11.5 Å². The molecule has 1 saturated heterocycles. The van der Waals surface area contributed by atoms with Gasteiger partial charge in [0.15, 0.2) is 0 Å². The molecule has 0 amide bonds. The molecule has 120 valence electrons. The van der Waals surface area contributed by atoms with Crippen molar-refractivity contribution in [1.29, 1.82) is 5.26 Å². The highest BCUT2D eigenvalue weighted by Gasteiger charge is 2.37. The Kier molecular flexibility index (Phi) is 4.61. The molecule has 0 aliphatic carbocycles. The van der Waals surface area contributed by atoms with Gasteiger partial charge >= 0.3 is 0 Å². The van der Waals surface area contributed by atoms with Gasteiger partial charge < -0.3 is 9.15 Å². The van der Waals surface area contributed by atoms with Gasteiger partial charge in [0.05, 0.1) is 30.5 Å². The molecule has 0 saturated carbocycles. The van der Waals surface area contributed by atoms with Crippen LogP contribution in [0.1, 0.15) is 35.6 Å². The van der Waals surface area contributed by atoms with Gasteiger partial charge in [-0.1, -0.05) is 0 Å². The fourth-order valence-electron chi connectivity index (χ4n) is 3.72. The monoisotopic (exact) mass is 330 g/mol. The molecular formula is C18H19ClN2O2. The Morgan fingerprint density at radius 1 is 1.30 bits per heavy atom. The Morgan fingerprint density at radius 2 is 2.22 bits per heavy atom. The zero-order valence-electron chi connectivity index (χ0n) is 12.8. The molecule has 2 aliphatic rings. The summed E-state index contributed by atoms with van der Waals surface area (Å²) < 4.78 is 11.5. The molecule has 1 aromatic carbocycles. The van der Waals surface area contributed by atoms with Gasteiger partial charge in [-0.15, -0.1) is 12.4 Å². The van der Waals surface area contributed by atoms with Gasteiger partial charge in [-0.2, -0.15) is 5.26 Å². The molecule has 2 atom stereocenters. The van der Waals surface area contributed by atoms with E-state index in [1.165, 1.54) is 5.56 Å². The quantitative estimate of drug-likeness (QED) is 0.842. The van der Waals surface area contributed by atoms with Crippen LogP contribution in [0.2, 0.25) is 0 Å². The van der Waals surface area contributed by atoms with Crippen LogP contribution in [0.5, 0.6) is 5.75 Å². The Labute approximate surface area is 142 Å². The molecule has 5 heteroatoms. The maximum absolute atomic E-state index is 9.14. The normalized spacial score (nSPS) is 22.9. The Morgan fingerprint density at radius 3 is 3.00 bits per heavy atom. The first-order valence-electron chi connectivity index (χ1n) is 7.78. The zero-order valence-corrected chi connectivity index (χ0v) is 13.6. The molecule has 23 heavy (non-hydrogen) atoms. The lowest BCUT2D eigenvalue weighted by Gasteiger charge is -2.44. The summed E-state index contributed by atoms with van der Waals surface area (Å²) >= 11 is 0. The van der Waals surface area contributed by atoms with E-state index in [-0.39, 0.29) is 12.4 Å². The second kappa shape index (κ2) is 6.66. The van der Waals surface area contributed by atoms with E-state index in [1.807, 2.05) is 30.3 Å². The maximum Gasteiger partial charge on any atom is 0.123 e. The Bertz CT molecular complexity index is 708. The summed E-state index contributed by atoms with van der Waals surface area (Å²) in [4.78, 5) is 2.45. The lowest BCUT2D eigenvalue weighted by molar-refractivity contribution is 0.0550. The first kappa shape index (κ1) is 15.9. The van der Waals surface area contributed by atoms with E-state index in [0.29, 0.717) is 24.1 Å². The van der Waals surface area contributed by atoms with E-state index in [1.54, 1.807) is 6.26 Å². The predicted octanol–water partition coefficient (Wildman–Crippen LogP) is 3.71. The van der Waals surface area contributed by atoms with E-state index >= 15 is 0 Å². The third-order valence-electron chi connectivity index (χ3n) is 4.78. The third-order valence-corrected chi connectivity index (χ3v) is 4.78. The number of nitrogens with zero attached hydrogens (tertiary/aromatic N) is 2. The van der Waals surface area contributed by atoms with Gasteiger partial charge in [-0.3, -0.25) is 4.90 Å². The molecule has 2 aliphatic heterocycles. The number of ether oxygens (including phenoxy) is 1. The lowest BCUT2D eigenvalue weighted by Crippen LogP contribution is -2.48. The van der Waals surface area contributed by atoms with Gasteiger partial charge in [-0.05, 0) is 49.7 Å². The Balaban J connectivity index is 0.00000156. The van der Waals surface area contributed by atoms with Crippen molar-refractivity contribution < 1.29 is 9.15 Å². The first-order valence-corrected chi connectivity index (χ1v) is 7.78. The second-order valence-corrected chi connectivity index (χ2v) is 6.04. The minimum absolute atomic E-state index is 0. The second-order valence-electron chi connectivity index (χ2n) is 6.04. The van der Waals surface area contributed by atoms with Crippen molar-refractivity contribution in [2.45, 2.75) is 31.3 Å². The SMILES string of the molecule is Cl.N#Cc1ccc2c(c1)[C@@H]1CCCN(Cc3ccco3)[C@H]1CO2. The predicted molar refractivity (Wildman–Crippen MR) is 88.8 cm³/mol. The molecule has 4 rings (SSSR count). The largest absolute Gasteiger partial charge is 0.492 e. The number of nitriles is 1. The van der Waals surface area contributed by atoms with E-state index in [4.69, 9.17) is 14.4 Å². The fourth-order valence-corrected chi connectivity index (χ4v) is 3.72. The molecular weight excluding hydrogens is 312 g/mol. The van der Waals surface area contributed by atoms with Crippen LogP contribution in [-0.4, -0.2) is 24.1 Å². The van der Waals surface area contributed by atoms with E-state index < -0.39 is 0 Å². The van der Waals surface area contributed by atoms with Crippen LogP contribution in [0.3, 0.4) is 0 Å². The summed E-state index contributed by atoms with van der Waals surface area (Å²) in [6.07, 6.45) is 4.05. The van der Waals surface area contributed by atoms with Crippen molar-refractivity contribution in [2.75, 3.05) is 13.2 Å². The van der Waals surface area contributed by atoms with E-state index in [9.17, 15) is 0 Å². The number of likely N-dealkylation sites (tertiary alicyclic amines) is 1. The van der Waals surface area contributed by atoms with Crippen molar-refractivity contribution >= 4 is 12.4 Å². The summed E-state index contributed by atoms with van der Waals surface area (Å²) in [7, 11) is 0. The van der Waals surface area contributed by atoms with Crippen molar-refractivity contribution in [3.63, 3.8) is 0 Å². The molecule has 0 unspecified atom stereocenters. The number of fused-ring (bicyclic) bond motifs is 3. The van der Waals surface area contributed by atoms with Crippen molar-refractivity contribution in [3.05, 3.63) is 53.5 Å². The smallest absolute Gasteiger partial charge is 0.123 e. The molecule has 4 nitrogen and oxygen atoms in total. The summed E-state index contributed by atoms with van der Waals surface area (Å²) in [5, 5.41) is 9.14. The van der Waals surface area contributed by atoms with Crippen LogP contribution >= 0.6 is 12.4 Å². The van der Waals surface area contributed by atoms with Crippen LogP contribution in [-0.2, 0) is 6.54 Å². The number of halogens is 1. The lowest BCUT2D eigenvalue weighted by atomic mass is 9.81. The molecule has 1 aromatic heterocycles. The van der Waals surface area contributed by atoms with Crippen LogP contribution in [0.25, 0.3) is 0 Å². The van der Waals surface area contributed by atoms with Crippen molar-refractivity contribution in [1.82, 2.24) is 4.90 Å². The standard InChI is InChI=1S/C18H18N2O2.ClH/c19-10-13-5-6-18-16(9-13)15-4-1-7-20(17(15)12-22-18)11-14-3-2-8-21-14;/h2-3,5-6,8-9,15,17H,1,4,7,11-12H2;1H/t15-,17-;/m0./s1. The number of furan rings is 1. The topological polar surface area (TPSA) is 49.4 Å². The highest BCUT2D eigenvalue weighted by Crippen LogP contribution is 2.41. The number of hydrogen-bond donors (Lipinski definition) is 0. The first-order chi connectivity index (χ1) is 10.8. The average Bonchev–Trinajstić information content (AvgIpc) is 3.07. The minimum Gasteiger partial charge on any atom is -0.492 e. The molecule has 0 spiro atoms. The summed E-state index contributed by atoms with van der Waals surface area (Å²) in [5.74, 6) is 2.39. The number of piperidine rings is 1. The van der Waals surface area contributed by atoms with Crippen LogP contribution in [0.15, 0.2) is 41.0 Å². The van der Waals surface area contributed by atoms with Gasteiger partial charge in [0.2, 0.25) is 0 Å². The van der Waals surface area contributed by atoms with Gasteiger partial charge in [-0.25, -0.2) is 0 Å². The molecule has 3 heterocycles. The fraction of sp³-hybridized carbons (Fsp3) is 0.389. The molecule has 0 N–H and O–H groups in total. The maximum atomic E-state index is 9.14. The van der Waals surface area contributed by atoms with E-state index in [0.717, 1.165) is 37.4 Å². The highest BCUT2D eigenvalue weighted by molar-refractivity contribution is 5.85. The number of benzene rings is 1. The minimum atomic E-state index is 0. The molecule has 0 bridgehead atoms. The average molecular weight is 331 g/mol. The highest BCUT2D eigenvalue weighted by atomic mass is 35.5. The van der Waals surface area contributed by atoms with Crippen LogP contribution < -0.4 is 4.74 Å². The molecule has 2 aromatic rings. The summed E-state index contributed by atoms with van der Waals surface area (Å²) in [6, 6.07) is 12.3. The Hall–Kier alpha value is -1.96. The third kappa shape index (κ3) is 2.95. The number of rotatable bonds is 2. The summed E-state index contributed by atoms with van der Waals surface area (Å²) in [6.45, 7) is 2.60. The molecule has 1 fully saturated rings. The summed E-state index contributed by atoms with van der Waals surface area (Å²) in [5.41, 5.74) is 1.91. The van der Waals surface area contributed by atoms with Crippen LogP contribution in [0.4, 0.5) is 0 Å². The zero-order chi connectivity index (χ0) is 14.9. The van der Waals surface area contributed by atoms with Crippen molar-refractivity contribution in [3.8, 4) is 11.8 Å². The van der Waals surface area contributed by atoms with Crippen molar-refractivity contribution in [2.24, 2.45) is 0 Å². The van der Waals surface area contributed by atoms with Gasteiger partial charge in [0.25, 0.3) is 0 Å². The van der Waals surface area contributed by atoms with Gasteiger partial charge in [0.1, 0.15) is 18.1 Å². The molecule has 0 radical (unpaired) electrons. The van der Waals surface area contributed by atoms with Crippen LogP contribution in [0, 0.1) is 11.3 Å².